The molecule has 6 nitrogen and oxygen atoms in total. The average molecular weight is 353 g/mol. The first kappa shape index (κ1) is 18.9. The Hall–Kier alpha value is -1.44. The third-order valence-electron chi connectivity index (χ3n) is 4.72. The Balaban J connectivity index is 2.24. The molecule has 2 rings (SSSR count). The number of hydrogen-bond acceptors (Lipinski definition) is 4. The number of nitrogens with two attached hydrogens (primary N) is 1. The molecule has 0 bridgehead atoms. The minimum Gasteiger partial charge on any atom is -0.328 e. The first-order chi connectivity index (χ1) is 11.1. The summed E-state index contributed by atoms with van der Waals surface area (Å²) in [4.78, 5) is 12.6. The molecule has 0 aliphatic heterocycles. The van der Waals surface area contributed by atoms with E-state index in [2.05, 4.69) is 5.32 Å². The van der Waals surface area contributed by atoms with E-state index in [-0.39, 0.29) is 28.8 Å². The highest BCUT2D eigenvalue weighted by atomic mass is 32.2. The van der Waals surface area contributed by atoms with Crippen LogP contribution in [0.5, 0.6) is 0 Å². The van der Waals surface area contributed by atoms with Gasteiger partial charge in [0.1, 0.15) is 0 Å². The van der Waals surface area contributed by atoms with Crippen LogP contribution in [0.15, 0.2) is 23.1 Å². The molecule has 0 heterocycles. The van der Waals surface area contributed by atoms with Crippen LogP contribution in [0.3, 0.4) is 0 Å². The number of anilines is 1. The van der Waals surface area contributed by atoms with Gasteiger partial charge in [-0.1, -0.05) is 6.07 Å². The molecule has 0 spiro atoms. The second kappa shape index (κ2) is 7.21. The maximum Gasteiger partial charge on any atom is 0.243 e. The zero-order valence-corrected chi connectivity index (χ0v) is 15.6. The lowest BCUT2D eigenvalue weighted by atomic mass is 10.1. The standard InChI is InChI=1S/C17H27N3O3S/c1-11(2)20(4)24(22,23)15-8-5-12(3)16(10-15)19-17(21)13-6-7-14(18)9-13/h5,8,10-11,13-14H,6-7,9,18H2,1-4H3,(H,19,21). The Morgan fingerprint density at radius 3 is 2.54 bits per heavy atom. The van der Waals surface area contributed by atoms with Crippen molar-refractivity contribution in [1.29, 1.82) is 0 Å². The Morgan fingerprint density at radius 2 is 2.00 bits per heavy atom. The number of amides is 1. The minimum absolute atomic E-state index is 0.0771. The number of sulfonamides is 1. The van der Waals surface area contributed by atoms with Gasteiger partial charge in [-0.3, -0.25) is 4.79 Å². The molecule has 1 aromatic rings. The molecule has 1 aliphatic rings. The molecule has 2 unspecified atom stereocenters. The van der Waals surface area contributed by atoms with Crippen LogP contribution in [-0.4, -0.2) is 37.8 Å². The Morgan fingerprint density at radius 1 is 1.33 bits per heavy atom. The predicted molar refractivity (Wildman–Crippen MR) is 95.2 cm³/mol. The van der Waals surface area contributed by atoms with Gasteiger partial charge in [-0.15, -0.1) is 0 Å². The van der Waals surface area contributed by atoms with Crippen molar-refractivity contribution in [3.63, 3.8) is 0 Å². The van der Waals surface area contributed by atoms with Crippen molar-refractivity contribution >= 4 is 21.6 Å². The second-order valence-corrected chi connectivity index (χ2v) is 8.85. The smallest absolute Gasteiger partial charge is 0.243 e. The van der Waals surface area contributed by atoms with Gasteiger partial charge in [0.25, 0.3) is 0 Å². The summed E-state index contributed by atoms with van der Waals surface area (Å²) in [5, 5.41) is 2.88. The Bertz CT molecular complexity index is 716. The van der Waals surface area contributed by atoms with Crippen LogP contribution < -0.4 is 11.1 Å². The molecule has 0 saturated heterocycles. The maximum atomic E-state index is 12.6. The van der Waals surface area contributed by atoms with Crippen LogP contribution >= 0.6 is 0 Å². The molecule has 0 radical (unpaired) electrons. The van der Waals surface area contributed by atoms with E-state index in [1.165, 1.54) is 10.4 Å². The lowest BCUT2D eigenvalue weighted by Crippen LogP contribution is -2.33. The fourth-order valence-corrected chi connectivity index (χ4v) is 4.22. The van der Waals surface area contributed by atoms with Gasteiger partial charge in [-0.05, 0) is 57.7 Å². The van der Waals surface area contributed by atoms with Gasteiger partial charge < -0.3 is 11.1 Å². The van der Waals surface area contributed by atoms with E-state index in [1.807, 2.05) is 20.8 Å². The summed E-state index contributed by atoms with van der Waals surface area (Å²) in [5.74, 6) is -0.184. The number of hydrogen-bond donors (Lipinski definition) is 2. The van der Waals surface area contributed by atoms with E-state index in [4.69, 9.17) is 5.73 Å². The van der Waals surface area contributed by atoms with Gasteiger partial charge in [-0.2, -0.15) is 4.31 Å². The highest BCUT2D eigenvalue weighted by Gasteiger charge is 2.29. The number of carbonyl (C=O) groups is 1. The van der Waals surface area contributed by atoms with Crippen molar-refractivity contribution in [2.24, 2.45) is 11.7 Å². The van der Waals surface area contributed by atoms with Crippen molar-refractivity contribution < 1.29 is 13.2 Å². The van der Waals surface area contributed by atoms with E-state index in [1.54, 1.807) is 19.2 Å². The second-order valence-electron chi connectivity index (χ2n) is 6.85. The van der Waals surface area contributed by atoms with E-state index >= 15 is 0 Å². The Labute approximate surface area is 144 Å². The summed E-state index contributed by atoms with van der Waals surface area (Å²) < 4.78 is 26.6. The van der Waals surface area contributed by atoms with E-state index in [0.717, 1.165) is 18.4 Å². The number of benzene rings is 1. The molecule has 7 heteroatoms. The number of nitrogens with zero attached hydrogens (tertiary/aromatic N) is 1. The van der Waals surface area contributed by atoms with Gasteiger partial charge >= 0.3 is 0 Å². The third kappa shape index (κ3) is 3.96. The summed E-state index contributed by atoms with van der Waals surface area (Å²) in [6.07, 6.45) is 2.31. The van der Waals surface area contributed by atoms with Crippen molar-refractivity contribution in [3.05, 3.63) is 23.8 Å². The van der Waals surface area contributed by atoms with Crippen LogP contribution in [0.1, 0.15) is 38.7 Å². The van der Waals surface area contributed by atoms with E-state index in [9.17, 15) is 13.2 Å². The zero-order valence-electron chi connectivity index (χ0n) is 14.7. The minimum atomic E-state index is -3.58. The number of aryl methyl sites for hydroxylation is 1. The van der Waals surface area contributed by atoms with E-state index < -0.39 is 10.0 Å². The SMILES string of the molecule is Cc1ccc(S(=O)(=O)N(C)C(C)C)cc1NC(=O)C1CCC(N)C1. The fourth-order valence-electron chi connectivity index (χ4n) is 2.83. The molecule has 1 aliphatic carbocycles. The lowest BCUT2D eigenvalue weighted by molar-refractivity contribution is -0.119. The van der Waals surface area contributed by atoms with Crippen molar-refractivity contribution in [2.45, 2.75) is 57.0 Å². The summed E-state index contributed by atoms with van der Waals surface area (Å²) in [5.41, 5.74) is 7.24. The molecule has 3 N–H and O–H groups in total. The molecular formula is C17H27N3O3S. The molecule has 0 aromatic heterocycles. The quantitative estimate of drug-likeness (QED) is 0.848. The number of nitrogens with one attached hydrogen (secondary N) is 1. The van der Waals surface area contributed by atoms with Crippen LogP contribution in [0.25, 0.3) is 0 Å². The summed E-state index contributed by atoms with van der Waals surface area (Å²) >= 11 is 0. The highest BCUT2D eigenvalue weighted by molar-refractivity contribution is 7.89. The molecule has 134 valence electrons. The molecule has 24 heavy (non-hydrogen) atoms. The highest BCUT2D eigenvalue weighted by Crippen LogP contribution is 2.28. The first-order valence-electron chi connectivity index (χ1n) is 8.28. The summed E-state index contributed by atoms with van der Waals surface area (Å²) in [7, 11) is -2.03. The Kier molecular flexibility index (Phi) is 5.67. The predicted octanol–water partition coefficient (Wildman–Crippen LogP) is 2.09. The zero-order chi connectivity index (χ0) is 18.1. The van der Waals surface area contributed by atoms with Gasteiger partial charge in [0.2, 0.25) is 15.9 Å². The van der Waals surface area contributed by atoms with Gasteiger partial charge in [0, 0.05) is 30.7 Å². The molecule has 1 amide bonds. The normalized spacial score (nSPS) is 21.5. The maximum absolute atomic E-state index is 12.6. The topological polar surface area (TPSA) is 92.5 Å². The third-order valence-corrected chi connectivity index (χ3v) is 6.74. The largest absolute Gasteiger partial charge is 0.328 e. The van der Waals surface area contributed by atoms with Crippen LogP contribution in [0.2, 0.25) is 0 Å². The fraction of sp³-hybridized carbons (Fsp3) is 0.588. The number of rotatable bonds is 5. The lowest BCUT2D eigenvalue weighted by Gasteiger charge is -2.22. The van der Waals surface area contributed by atoms with Gasteiger partial charge in [0.15, 0.2) is 0 Å². The van der Waals surface area contributed by atoms with Crippen molar-refractivity contribution in [1.82, 2.24) is 4.31 Å². The van der Waals surface area contributed by atoms with Crippen molar-refractivity contribution in [2.75, 3.05) is 12.4 Å². The molecule has 1 fully saturated rings. The average Bonchev–Trinajstić information content (AvgIpc) is 2.95. The summed E-state index contributed by atoms with van der Waals surface area (Å²) in [6, 6.07) is 4.76. The van der Waals surface area contributed by atoms with Crippen molar-refractivity contribution in [3.8, 4) is 0 Å². The van der Waals surface area contributed by atoms with Crippen LogP contribution in [0, 0.1) is 12.8 Å². The molecule has 1 aromatic carbocycles. The van der Waals surface area contributed by atoms with Gasteiger partial charge in [-0.25, -0.2) is 8.42 Å². The molecule has 2 atom stereocenters. The van der Waals surface area contributed by atoms with E-state index in [0.29, 0.717) is 12.1 Å². The van der Waals surface area contributed by atoms with Crippen LogP contribution in [-0.2, 0) is 14.8 Å². The molecular weight excluding hydrogens is 326 g/mol. The van der Waals surface area contributed by atoms with Gasteiger partial charge in [0.05, 0.1) is 4.90 Å². The molecule has 1 saturated carbocycles. The number of carbonyl (C=O) groups excluding carboxylic acids is 1. The monoisotopic (exact) mass is 353 g/mol. The summed E-state index contributed by atoms with van der Waals surface area (Å²) in [6.45, 7) is 5.48. The van der Waals surface area contributed by atoms with Crippen LogP contribution in [0.4, 0.5) is 5.69 Å². The first-order valence-corrected chi connectivity index (χ1v) is 9.72.